The van der Waals surface area contributed by atoms with E-state index in [-0.39, 0.29) is 11.8 Å². The van der Waals surface area contributed by atoms with Crippen LogP contribution in [0, 0.1) is 17.6 Å². The van der Waals surface area contributed by atoms with Crippen molar-refractivity contribution < 1.29 is 13.5 Å². The number of hydrogen-bond acceptors (Lipinski definition) is 2. The largest absolute Gasteiger partial charge is 0.489 e. The molecule has 102 valence electrons. The molecule has 0 saturated carbocycles. The van der Waals surface area contributed by atoms with Crippen LogP contribution in [0.25, 0.3) is 0 Å². The molecule has 0 radical (unpaired) electrons. The lowest BCUT2D eigenvalue weighted by atomic mass is 10.00. The molecule has 0 fully saturated rings. The van der Waals surface area contributed by atoms with E-state index < -0.39 is 11.6 Å². The van der Waals surface area contributed by atoms with E-state index >= 15 is 0 Å². The third kappa shape index (κ3) is 4.26. The highest BCUT2D eigenvalue weighted by atomic mass is 19.1. The maximum Gasteiger partial charge on any atom is 0.167 e. The number of nitrogens with one attached hydrogen (secondary N) is 1. The molecule has 0 heterocycles. The van der Waals surface area contributed by atoms with Crippen molar-refractivity contribution in [2.75, 3.05) is 13.2 Å². The molecule has 0 spiro atoms. The van der Waals surface area contributed by atoms with Crippen molar-refractivity contribution in [2.24, 2.45) is 5.92 Å². The first-order chi connectivity index (χ1) is 8.58. The van der Waals surface area contributed by atoms with E-state index in [4.69, 9.17) is 4.74 Å². The Kier molecular flexibility index (Phi) is 6.05. The fourth-order valence-electron chi connectivity index (χ4n) is 1.74. The number of halogens is 2. The summed E-state index contributed by atoms with van der Waals surface area (Å²) < 4.78 is 31.6. The van der Waals surface area contributed by atoms with E-state index in [1.54, 1.807) is 0 Å². The summed E-state index contributed by atoms with van der Waals surface area (Å²) in [5.74, 6) is -0.713. The second kappa shape index (κ2) is 7.31. The molecule has 0 aliphatic carbocycles. The predicted octanol–water partition coefficient (Wildman–Crippen LogP) is 3.37. The van der Waals surface area contributed by atoms with Gasteiger partial charge in [0.2, 0.25) is 0 Å². The maximum atomic E-state index is 13.4. The first-order valence-corrected chi connectivity index (χ1v) is 6.39. The summed E-state index contributed by atoms with van der Waals surface area (Å²) >= 11 is 0. The van der Waals surface area contributed by atoms with Crippen LogP contribution in [0.1, 0.15) is 27.2 Å². The highest BCUT2D eigenvalue weighted by molar-refractivity contribution is 5.24. The molecular formula is C14H21F2NO. The number of ether oxygens (including phenoxy) is 1. The molecule has 2 nitrogen and oxygen atoms in total. The van der Waals surface area contributed by atoms with Gasteiger partial charge >= 0.3 is 0 Å². The fraction of sp³-hybridized carbons (Fsp3) is 0.571. The van der Waals surface area contributed by atoms with Gasteiger partial charge in [0.1, 0.15) is 12.4 Å². The van der Waals surface area contributed by atoms with Crippen LogP contribution in [-0.4, -0.2) is 19.2 Å². The van der Waals surface area contributed by atoms with Gasteiger partial charge in [0.25, 0.3) is 0 Å². The van der Waals surface area contributed by atoms with Gasteiger partial charge in [-0.3, -0.25) is 0 Å². The number of likely N-dealkylation sites (N-methyl/N-ethyl adjacent to an activating group) is 1. The number of benzene rings is 1. The molecule has 2 atom stereocenters. The van der Waals surface area contributed by atoms with Gasteiger partial charge in [-0.05, 0) is 24.6 Å². The molecule has 1 aromatic carbocycles. The van der Waals surface area contributed by atoms with Gasteiger partial charge in [-0.2, -0.15) is 0 Å². The Bertz CT molecular complexity index is 371. The molecular weight excluding hydrogens is 236 g/mol. The number of rotatable bonds is 7. The van der Waals surface area contributed by atoms with Crippen LogP contribution in [0.5, 0.6) is 5.75 Å². The van der Waals surface area contributed by atoms with Crippen LogP contribution in [0.15, 0.2) is 18.2 Å². The van der Waals surface area contributed by atoms with Crippen molar-refractivity contribution in [3.05, 3.63) is 29.8 Å². The minimum absolute atomic E-state index is 0.0996. The van der Waals surface area contributed by atoms with E-state index in [2.05, 4.69) is 19.2 Å². The third-order valence-corrected chi connectivity index (χ3v) is 3.11. The van der Waals surface area contributed by atoms with E-state index in [1.165, 1.54) is 12.1 Å². The Morgan fingerprint density at radius 2 is 2.00 bits per heavy atom. The van der Waals surface area contributed by atoms with Crippen LogP contribution in [-0.2, 0) is 0 Å². The second-order valence-electron chi connectivity index (χ2n) is 4.44. The topological polar surface area (TPSA) is 21.3 Å². The molecule has 2 unspecified atom stereocenters. The predicted molar refractivity (Wildman–Crippen MR) is 68.8 cm³/mol. The lowest BCUT2D eigenvalue weighted by Crippen LogP contribution is -2.39. The summed E-state index contributed by atoms with van der Waals surface area (Å²) in [6, 6.07) is 3.53. The monoisotopic (exact) mass is 257 g/mol. The Hall–Kier alpha value is -1.16. The minimum Gasteiger partial charge on any atom is -0.489 e. The molecule has 1 rings (SSSR count). The van der Waals surface area contributed by atoms with Crippen LogP contribution >= 0.6 is 0 Å². The van der Waals surface area contributed by atoms with Crippen LogP contribution in [0.3, 0.4) is 0 Å². The summed E-state index contributed by atoms with van der Waals surface area (Å²) in [4.78, 5) is 0. The van der Waals surface area contributed by atoms with E-state index in [0.717, 1.165) is 19.0 Å². The molecule has 0 saturated heterocycles. The molecule has 1 aromatic rings. The SMILES string of the molecule is CCNC(COc1ccc(F)cc1F)C(C)CC. The van der Waals surface area contributed by atoms with Crippen molar-refractivity contribution >= 4 is 0 Å². The van der Waals surface area contributed by atoms with Crippen LogP contribution < -0.4 is 10.1 Å². The van der Waals surface area contributed by atoms with E-state index in [0.29, 0.717) is 12.5 Å². The first-order valence-electron chi connectivity index (χ1n) is 6.39. The maximum absolute atomic E-state index is 13.4. The standard InChI is InChI=1S/C14H21F2NO/c1-4-10(3)13(17-5-2)9-18-14-7-6-11(15)8-12(14)16/h6-8,10,13,17H,4-5,9H2,1-3H3. The van der Waals surface area contributed by atoms with Gasteiger partial charge in [-0.15, -0.1) is 0 Å². The average molecular weight is 257 g/mol. The van der Waals surface area contributed by atoms with E-state index in [9.17, 15) is 8.78 Å². The molecule has 4 heteroatoms. The van der Waals surface area contributed by atoms with Gasteiger partial charge in [-0.1, -0.05) is 27.2 Å². The molecule has 18 heavy (non-hydrogen) atoms. The minimum atomic E-state index is -0.658. The van der Waals surface area contributed by atoms with Crippen molar-refractivity contribution in [3.8, 4) is 5.75 Å². The summed E-state index contributed by atoms with van der Waals surface area (Å²) in [6.45, 7) is 7.47. The molecule has 0 aromatic heterocycles. The normalized spacial score (nSPS) is 14.3. The first kappa shape index (κ1) is 14.9. The van der Waals surface area contributed by atoms with Crippen molar-refractivity contribution in [1.29, 1.82) is 0 Å². The highest BCUT2D eigenvalue weighted by Crippen LogP contribution is 2.18. The fourth-order valence-corrected chi connectivity index (χ4v) is 1.74. The lowest BCUT2D eigenvalue weighted by Gasteiger charge is -2.24. The van der Waals surface area contributed by atoms with Crippen molar-refractivity contribution in [3.63, 3.8) is 0 Å². The zero-order valence-electron chi connectivity index (χ0n) is 11.2. The Balaban J connectivity index is 2.60. The zero-order valence-corrected chi connectivity index (χ0v) is 11.2. The van der Waals surface area contributed by atoms with Gasteiger partial charge in [0, 0.05) is 12.1 Å². The summed E-state index contributed by atoms with van der Waals surface area (Å²) in [6.07, 6.45) is 1.02. The van der Waals surface area contributed by atoms with Crippen LogP contribution in [0.2, 0.25) is 0 Å². The quantitative estimate of drug-likeness (QED) is 0.808. The smallest absolute Gasteiger partial charge is 0.167 e. The zero-order chi connectivity index (χ0) is 13.5. The van der Waals surface area contributed by atoms with E-state index in [1.807, 2.05) is 6.92 Å². The lowest BCUT2D eigenvalue weighted by molar-refractivity contribution is 0.215. The number of hydrogen-bond donors (Lipinski definition) is 1. The second-order valence-corrected chi connectivity index (χ2v) is 4.44. The summed E-state index contributed by atoms with van der Waals surface area (Å²) in [7, 11) is 0. The van der Waals surface area contributed by atoms with Crippen LogP contribution in [0.4, 0.5) is 8.78 Å². The summed E-state index contributed by atoms with van der Waals surface area (Å²) in [5, 5.41) is 3.31. The van der Waals surface area contributed by atoms with Gasteiger partial charge in [0.15, 0.2) is 11.6 Å². The Morgan fingerprint density at radius 3 is 2.56 bits per heavy atom. The van der Waals surface area contributed by atoms with Crippen molar-refractivity contribution in [1.82, 2.24) is 5.32 Å². The van der Waals surface area contributed by atoms with Crippen molar-refractivity contribution in [2.45, 2.75) is 33.2 Å². The summed E-state index contributed by atoms with van der Waals surface area (Å²) in [5.41, 5.74) is 0. The third-order valence-electron chi connectivity index (χ3n) is 3.11. The van der Waals surface area contributed by atoms with Gasteiger partial charge in [-0.25, -0.2) is 8.78 Å². The average Bonchev–Trinajstić information content (AvgIpc) is 2.35. The Labute approximate surface area is 107 Å². The molecule has 0 aliphatic heterocycles. The molecule has 0 amide bonds. The molecule has 0 aliphatic rings. The highest BCUT2D eigenvalue weighted by Gasteiger charge is 2.16. The van der Waals surface area contributed by atoms with Gasteiger partial charge < -0.3 is 10.1 Å². The Morgan fingerprint density at radius 1 is 1.28 bits per heavy atom. The molecule has 0 bridgehead atoms. The molecule has 1 N–H and O–H groups in total. The van der Waals surface area contributed by atoms with Gasteiger partial charge in [0.05, 0.1) is 0 Å².